The van der Waals surface area contributed by atoms with Gasteiger partial charge in [-0.3, -0.25) is 13.9 Å². The van der Waals surface area contributed by atoms with Gasteiger partial charge < -0.3 is 10.2 Å². The van der Waals surface area contributed by atoms with Gasteiger partial charge in [-0.25, -0.2) is 8.42 Å². The van der Waals surface area contributed by atoms with Gasteiger partial charge in [0.1, 0.15) is 12.6 Å². The van der Waals surface area contributed by atoms with E-state index < -0.39 is 56.7 Å². The lowest BCUT2D eigenvalue weighted by molar-refractivity contribution is -0.140. The third-order valence-electron chi connectivity index (χ3n) is 5.49. The molecule has 7 nitrogen and oxygen atoms in total. The number of aryl methyl sites for hydroxylation is 1. The number of anilines is 1. The Morgan fingerprint density at radius 2 is 1.68 bits per heavy atom. The van der Waals surface area contributed by atoms with E-state index in [1.165, 1.54) is 11.8 Å². The normalized spacial score (nSPS) is 13.1. The lowest BCUT2D eigenvalue weighted by atomic mass is 10.1. The van der Waals surface area contributed by atoms with Gasteiger partial charge in [-0.05, 0) is 63.9 Å². The fourth-order valence-corrected chi connectivity index (χ4v) is 4.59. The van der Waals surface area contributed by atoms with Crippen molar-refractivity contribution in [3.8, 4) is 0 Å². The first-order valence-corrected chi connectivity index (χ1v) is 13.5. The predicted octanol–water partition coefficient (Wildman–Crippen LogP) is 4.77. The van der Waals surface area contributed by atoms with Crippen molar-refractivity contribution in [2.75, 3.05) is 17.1 Å². The van der Waals surface area contributed by atoms with Gasteiger partial charge in [-0.1, -0.05) is 35.9 Å². The van der Waals surface area contributed by atoms with Crippen molar-refractivity contribution >= 4 is 39.1 Å². The number of benzene rings is 2. The first-order valence-electron chi connectivity index (χ1n) is 11.3. The molecule has 1 unspecified atom stereocenters. The topological polar surface area (TPSA) is 86.8 Å². The molecule has 0 saturated heterocycles. The van der Waals surface area contributed by atoms with E-state index in [0.29, 0.717) is 10.4 Å². The average molecular weight is 562 g/mol. The lowest BCUT2D eigenvalue weighted by Gasteiger charge is -2.33. The summed E-state index contributed by atoms with van der Waals surface area (Å²) >= 11 is 5.68. The smallest absolute Gasteiger partial charge is 0.350 e. The second-order valence-corrected chi connectivity index (χ2v) is 12.1. The molecule has 204 valence electrons. The van der Waals surface area contributed by atoms with E-state index in [1.807, 2.05) is 19.1 Å². The number of carbonyl (C=O) groups is 2. The molecule has 0 aliphatic carbocycles. The molecule has 1 N–H and O–H groups in total. The van der Waals surface area contributed by atoms with Crippen molar-refractivity contribution in [2.45, 2.75) is 58.9 Å². The number of alkyl halides is 3. The third-order valence-corrected chi connectivity index (χ3v) is 6.96. The molecule has 0 bridgehead atoms. The van der Waals surface area contributed by atoms with E-state index in [1.54, 1.807) is 32.9 Å². The van der Waals surface area contributed by atoms with Gasteiger partial charge in [-0.15, -0.1) is 0 Å². The summed E-state index contributed by atoms with van der Waals surface area (Å²) in [6.45, 7) is 7.81. The monoisotopic (exact) mass is 561 g/mol. The molecule has 0 fully saturated rings. The quantitative estimate of drug-likeness (QED) is 0.503. The molecular weight excluding hydrogens is 531 g/mol. The number of nitrogens with one attached hydrogen (secondary N) is 1. The Morgan fingerprint density at radius 3 is 2.19 bits per heavy atom. The molecule has 0 heterocycles. The van der Waals surface area contributed by atoms with Crippen LogP contribution in [0.25, 0.3) is 0 Å². The molecule has 0 aromatic heterocycles. The number of sulfonamides is 1. The van der Waals surface area contributed by atoms with Crippen molar-refractivity contribution in [1.82, 2.24) is 10.2 Å². The van der Waals surface area contributed by atoms with Crippen molar-refractivity contribution in [1.29, 1.82) is 0 Å². The summed E-state index contributed by atoms with van der Waals surface area (Å²) in [5.74, 6) is -1.24. The Bertz CT molecular complexity index is 1260. The second-order valence-electron chi connectivity index (χ2n) is 9.79. The van der Waals surface area contributed by atoms with Crippen LogP contribution in [-0.4, -0.2) is 49.5 Å². The van der Waals surface area contributed by atoms with Crippen LogP contribution in [0.5, 0.6) is 0 Å². The molecule has 0 aliphatic rings. The maximum Gasteiger partial charge on any atom is 0.417 e. The van der Waals surface area contributed by atoms with Crippen LogP contribution in [-0.2, 0) is 32.3 Å². The lowest BCUT2D eigenvalue weighted by Crippen LogP contribution is -2.54. The standard InChI is InChI=1S/C25H31ClF3N3O4S/c1-16-9-7-8-10-18(16)14-31(17(2)23(34)30-24(3,4)5)22(33)15-32(37(6,35)36)19-11-12-21(26)20(13-19)25(27,28)29/h7-13,17H,14-15H2,1-6H3,(H,30,34). The maximum atomic E-state index is 13.5. The van der Waals surface area contributed by atoms with Crippen LogP contribution >= 0.6 is 11.6 Å². The first-order chi connectivity index (χ1) is 16.8. The molecule has 1 atom stereocenters. The highest BCUT2D eigenvalue weighted by Gasteiger charge is 2.36. The number of hydrogen-bond acceptors (Lipinski definition) is 4. The molecule has 0 radical (unpaired) electrons. The number of carbonyl (C=O) groups excluding carboxylic acids is 2. The molecule has 0 saturated carbocycles. The van der Waals surface area contributed by atoms with E-state index in [2.05, 4.69) is 5.32 Å². The van der Waals surface area contributed by atoms with Gasteiger partial charge in [0.15, 0.2) is 0 Å². The Labute approximate surface area is 220 Å². The predicted molar refractivity (Wildman–Crippen MR) is 138 cm³/mol. The van der Waals surface area contributed by atoms with Crippen LogP contribution in [0.15, 0.2) is 42.5 Å². The fourth-order valence-electron chi connectivity index (χ4n) is 3.53. The van der Waals surface area contributed by atoms with E-state index in [0.717, 1.165) is 29.5 Å². The Kier molecular flexibility index (Phi) is 9.30. The van der Waals surface area contributed by atoms with Crippen LogP contribution in [0.3, 0.4) is 0 Å². The summed E-state index contributed by atoms with van der Waals surface area (Å²) in [6.07, 6.45) is -4.06. The highest BCUT2D eigenvalue weighted by atomic mass is 35.5. The van der Waals surface area contributed by atoms with Gasteiger partial charge in [0.2, 0.25) is 21.8 Å². The van der Waals surface area contributed by atoms with Gasteiger partial charge in [0.05, 0.1) is 22.5 Å². The summed E-state index contributed by atoms with van der Waals surface area (Å²) in [5.41, 5.74) is -0.643. The second kappa shape index (κ2) is 11.3. The maximum absolute atomic E-state index is 13.5. The molecule has 2 amide bonds. The Balaban J connectivity index is 2.51. The molecule has 0 spiro atoms. The summed E-state index contributed by atoms with van der Waals surface area (Å²) < 4.78 is 66.0. The highest BCUT2D eigenvalue weighted by Crippen LogP contribution is 2.37. The minimum Gasteiger partial charge on any atom is -0.350 e. The molecule has 0 aliphatic heterocycles. The number of hydrogen-bond donors (Lipinski definition) is 1. The van der Waals surface area contributed by atoms with E-state index >= 15 is 0 Å². The van der Waals surface area contributed by atoms with Crippen LogP contribution in [0.1, 0.15) is 44.4 Å². The summed E-state index contributed by atoms with van der Waals surface area (Å²) in [4.78, 5) is 27.7. The number of rotatable bonds is 8. The van der Waals surface area contributed by atoms with E-state index in [9.17, 15) is 31.2 Å². The zero-order valence-corrected chi connectivity index (χ0v) is 23.1. The summed E-state index contributed by atoms with van der Waals surface area (Å²) in [6, 6.07) is 8.76. The average Bonchev–Trinajstić information content (AvgIpc) is 2.74. The minimum atomic E-state index is -4.84. The van der Waals surface area contributed by atoms with Crippen LogP contribution in [0.4, 0.5) is 18.9 Å². The Hall–Kier alpha value is -2.79. The SMILES string of the molecule is Cc1ccccc1CN(C(=O)CN(c1ccc(Cl)c(C(F)(F)F)c1)S(C)(=O)=O)C(C)C(=O)NC(C)(C)C. The van der Waals surface area contributed by atoms with Gasteiger partial charge in [-0.2, -0.15) is 13.2 Å². The molecule has 37 heavy (non-hydrogen) atoms. The molecule has 2 rings (SSSR count). The zero-order chi connectivity index (χ0) is 28.3. The largest absolute Gasteiger partial charge is 0.417 e. The number of nitrogens with zero attached hydrogens (tertiary/aromatic N) is 2. The van der Waals surface area contributed by atoms with Crippen LogP contribution < -0.4 is 9.62 Å². The first kappa shape index (κ1) is 30.4. The van der Waals surface area contributed by atoms with Crippen molar-refractivity contribution in [3.63, 3.8) is 0 Å². The van der Waals surface area contributed by atoms with Gasteiger partial charge in [0.25, 0.3) is 0 Å². The minimum absolute atomic E-state index is 0.0176. The van der Waals surface area contributed by atoms with Crippen molar-refractivity contribution in [2.24, 2.45) is 0 Å². The summed E-state index contributed by atoms with van der Waals surface area (Å²) in [7, 11) is -4.20. The summed E-state index contributed by atoms with van der Waals surface area (Å²) in [5, 5.41) is 2.19. The van der Waals surface area contributed by atoms with Crippen LogP contribution in [0, 0.1) is 6.92 Å². The van der Waals surface area contributed by atoms with Crippen molar-refractivity contribution < 1.29 is 31.2 Å². The van der Waals surface area contributed by atoms with Crippen molar-refractivity contribution in [3.05, 3.63) is 64.2 Å². The van der Waals surface area contributed by atoms with Crippen LogP contribution in [0.2, 0.25) is 5.02 Å². The number of halogens is 4. The van der Waals surface area contributed by atoms with Gasteiger partial charge >= 0.3 is 6.18 Å². The molecule has 12 heteroatoms. The third kappa shape index (κ3) is 8.36. The molecular formula is C25H31ClF3N3O4S. The highest BCUT2D eigenvalue weighted by molar-refractivity contribution is 7.92. The Morgan fingerprint density at radius 1 is 1.08 bits per heavy atom. The van der Waals surface area contributed by atoms with E-state index in [-0.39, 0.29) is 12.2 Å². The zero-order valence-electron chi connectivity index (χ0n) is 21.5. The fraction of sp³-hybridized carbons (Fsp3) is 0.440. The van der Waals surface area contributed by atoms with E-state index in [4.69, 9.17) is 11.6 Å². The van der Waals surface area contributed by atoms with Gasteiger partial charge in [0, 0.05) is 12.1 Å². The molecule has 2 aromatic carbocycles. The molecule has 2 aromatic rings. The number of amides is 2.